The molecule has 0 spiro atoms. The van der Waals surface area contributed by atoms with Crippen LogP contribution in [0.2, 0.25) is 0 Å². The quantitative estimate of drug-likeness (QED) is 0.820. The molecule has 2 rings (SSSR count). The molecule has 0 aliphatic rings. The second-order valence-electron chi connectivity index (χ2n) is 3.32. The Morgan fingerprint density at radius 2 is 2.00 bits per heavy atom. The molecule has 0 aliphatic carbocycles. The summed E-state index contributed by atoms with van der Waals surface area (Å²) in [7, 11) is 0. The van der Waals surface area contributed by atoms with Gasteiger partial charge in [-0.15, -0.1) is 22.7 Å². The molecule has 2 nitrogen and oxygen atoms in total. The summed E-state index contributed by atoms with van der Waals surface area (Å²) in [4.78, 5) is 4.22. The summed E-state index contributed by atoms with van der Waals surface area (Å²) in [5, 5.41) is 8.89. The van der Waals surface area contributed by atoms with Gasteiger partial charge in [0.1, 0.15) is 10.9 Å². The smallest absolute Gasteiger partial charge is 0.128 e. The number of thiophene rings is 2. The van der Waals surface area contributed by atoms with Crippen LogP contribution in [0.25, 0.3) is 9.75 Å². The van der Waals surface area contributed by atoms with E-state index >= 15 is 0 Å². The Labute approximate surface area is 96.6 Å². The molecule has 0 amide bonds. The van der Waals surface area contributed by atoms with Crippen LogP contribution in [0.5, 0.6) is 0 Å². The van der Waals surface area contributed by atoms with Gasteiger partial charge in [-0.05, 0) is 31.5 Å². The number of aryl methyl sites for hydroxylation is 1. The van der Waals surface area contributed by atoms with Crippen LogP contribution < -0.4 is 5.73 Å². The standard InChI is InChI=1S/C11H10N2S2/c1-6-3-4-8(14-6)11-7(2)10(13)9(5-12)15-11/h3-4H,13H2,1-2H3. The normalized spacial score (nSPS) is 10.2. The molecule has 2 aromatic rings. The maximum Gasteiger partial charge on any atom is 0.128 e. The van der Waals surface area contributed by atoms with E-state index < -0.39 is 0 Å². The lowest BCUT2D eigenvalue weighted by molar-refractivity contribution is 1.50. The first-order valence-electron chi connectivity index (χ1n) is 4.49. The van der Waals surface area contributed by atoms with E-state index in [0.717, 1.165) is 10.4 Å². The molecule has 15 heavy (non-hydrogen) atoms. The minimum Gasteiger partial charge on any atom is -0.397 e. The zero-order valence-electron chi connectivity index (χ0n) is 8.50. The lowest BCUT2D eigenvalue weighted by atomic mass is 10.2. The van der Waals surface area contributed by atoms with E-state index in [-0.39, 0.29) is 0 Å². The molecular weight excluding hydrogens is 224 g/mol. The molecule has 2 heterocycles. The average molecular weight is 234 g/mol. The van der Waals surface area contributed by atoms with Crippen molar-refractivity contribution >= 4 is 28.4 Å². The summed E-state index contributed by atoms with van der Waals surface area (Å²) in [6, 6.07) is 6.30. The minimum absolute atomic E-state index is 0.619. The predicted molar refractivity (Wildman–Crippen MR) is 66.2 cm³/mol. The summed E-state index contributed by atoms with van der Waals surface area (Å²) < 4.78 is 0. The molecule has 0 aliphatic heterocycles. The van der Waals surface area contributed by atoms with Gasteiger partial charge in [0.05, 0.1) is 10.6 Å². The number of nitrogens with zero attached hydrogens (tertiary/aromatic N) is 1. The maximum atomic E-state index is 8.89. The van der Waals surface area contributed by atoms with Crippen molar-refractivity contribution in [2.75, 3.05) is 5.73 Å². The molecule has 0 aromatic carbocycles. The molecule has 2 N–H and O–H groups in total. The van der Waals surface area contributed by atoms with Gasteiger partial charge < -0.3 is 5.73 Å². The van der Waals surface area contributed by atoms with Crippen molar-refractivity contribution in [1.82, 2.24) is 0 Å². The van der Waals surface area contributed by atoms with E-state index in [1.165, 1.54) is 21.1 Å². The van der Waals surface area contributed by atoms with E-state index in [1.54, 1.807) is 11.3 Å². The molecular formula is C11H10N2S2. The highest BCUT2D eigenvalue weighted by molar-refractivity contribution is 7.22. The number of hydrogen-bond acceptors (Lipinski definition) is 4. The fourth-order valence-corrected chi connectivity index (χ4v) is 3.46. The fraction of sp³-hybridized carbons (Fsp3) is 0.182. The van der Waals surface area contributed by atoms with Crippen LogP contribution in [0.15, 0.2) is 12.1 Å². The van der Waals surface area contributed by atoms with Gasteiger partial charge in [-0.1, -0.05) is 0 Å². The van der Waals surface area contributed by atoms with Gasteiger partial charge in [0.25, 0.3) is 0 Å². The van der Waals surface area contributed by atoms with Crippen molar-refractivity contribution in [3.8, 4) is 15.8 Å². The van der Waals surface area contributed by atoms with Crippen molar-refractivity contribution in [2.45, 2.75) is 13.8 Å². The largest absolute Gasteiger partial charge is 0.397 e. The molecule has 2 aromatic heterocycles. The number of nitrogen functional groups attached to an aromatic ring is 1. The lowest BCUT2D eigenvalue weighted by Gasteiger charge is -1.94. The van der Waals surface area contributed by atoms with Crippen LogP contribution in [0.4, 0.5) is 5.69 Å². The Kier molecular flexibility index (Phi) is 2.51. The van der Waals surface area contributed by atoms with Crippen molar-refractivity contribution in [3.05, 3.63) is 27.5 Å². The van der Waals surface area contributed by atoms with E-state index in [2.05, 4.69) is 25.1 Å². The van der Waals surface area contributed by atoms with Gasteiger partial charge in [0, 0.05) is 9.75 Å². The number of nitrogens with two attached hydrogens (primary N) is 1. The SMILES string of the molecule is Cc1ccc(-c2sc(C#N)c(N)c2C)s1. The third-order valence-electron chi connectivity index (χ3n) is 2.26. The average Bonchev–Trinajstić information content (AvgIpc) is 2.74. The molecule has 0 saturated carbocycles. The maximum absolute atomic E-state index is 8.89. The summed E-state index contributed by atoms with van der Waals surface area (Å²) in [6.07, 6.45) is 0. The first kappa shape index (κ1) is 10.2. The number of hydrogen-bond donors (Lipinski definition) is 1. The molecule has 4 heteroatoms. The number of anilines is 1. The Morgan fingerprint density at radius 1 is 1.27 bits per heavy atom. The summed E-state index contributed by atoms with van der Waals surface area (Å²) in [6.45, 7) is 4.04. The Balaban J connectivity index is 2.60. The van der Waals surface area contributed by atoms with E-state index in [4.69, 9.17) is 11.0 Å². The molecule has 0 fully saturated rings. The van der Waals surface area contributed by atoms with Crippen molar-refractivity contribution in [2.24, 2.45) is 0 Å². The first-order chi connectivity index (χ1) is 7.13. The third kappa shape index (κ3) is 1.65. The second kappa shape index (κ2) is 3.69. The van der Waals surface area contributed by atoms with Crippen LogP contribution in [0.3, 0.4) is 0 Å². The monoisotopic (exact) mass is 234 g/mol. The highest BCUT2D eigenvalue weighted by atomic mass is 32.1. The Bertz CT molecular complexity index is 543. The highest BCUT2D eigenvalue weighted by Crippen LogP contribution is 2.40. The van der Waals surface area contributed by atoms with Crippen molar-refractivity contribution < 1.29 is 0 Å². The Hall–Kier alpha value is -1.31. The van der Waals surface area contributed by atoms with Gasteiger partial charge in [0.15, 0.2) is 0 Å². The van der Waals surface area contributed by atoms with Gasteiger partial charge in [-0.25, -0.2) is 0 Å². The highest BCUT2D eigenvalue weighted by Gasteiger charge is 2.14. The molecule has 0 bridgehead atoms. The number of rotatable bonds is 1. The van der Waals surface area contributed by atoms with Crippen LogP contribution >= 0.6 is 22.7 Å². The van der Waals surface area contributed by atoms with Gasteiger partial charge >= 0.3 is 0 Å². The molecule has 0 atom stereocenters. The van der Waals surface area contributed by atoms with E-state index in [0.29, 0.717) is 10.6 Å². The zero-order chi connectivity index (χ0) is 11.0. The van der Waals surface area contributed by atoms with E-state index in [9.17, 15) is 0 Å². The predicted octanol–water partition coefficient (Wildman–Crippen LogP) is 3.55. The minimum atomic E-state index is 0.619. The van der Waals surface area contributed by atoms with Crippen molar-refractivity contribution in [1.29, 1.82) is 5.26 Å². The van der Waals surface area contributed by atoms with Crippen LogP contribution in [0, 0.1) is 25.2 Å². The van der Waals surface area contributed by atoms with Gasteiger partial charge in [0.2, 0.25) is 0 Å². The van der Waals surface area contributed by atoms with E-state index in [1.807, 2.05) is 6.92 Å². The zero-order valence-corrected chi connectivity index (χ0v) is 10.1. The molecule has 0 radical (unpaired) electrons. The van der Waals surface area contributed by atoms with Crippen LogP contribution in [-0.4, -0.2) is 0 Å². The van der Waals surface area contributed by atoms with Gasteiger partial charge in [-0.2, -0.15) is 5.26 Å². The number of nitriles is 1. The summed E-state index contributed by atoms with van der Waals surface area (Å²) in [5.74, 6) is 0. The summed E-state index contributed by atoms with van der Waals surface area (Å²) >= 11 is 3.21. The topological polar surface area (TPSA) is 49.8 Å². The lowest BCUT2D eigenvalue weighted by Crippen LogP contribution is -1.86. The third-order valence-corrected chi connectivity index (χ3v) is 4.65. The van der Waals surface area contributed by atoms with Gasteiger partial charge in [-0.3, -0.25) is 0 Å². The Morgan fingerprint density at radius 3 is 2.47 bits per heavy atom. The molecule has 0 unspecified atom stereocenters. The second-order valence-corrected chi connectivity index (χ2v) is 5.63. The molecule has 0 saturated heterocycles. The van der Waals surface area contributed by atoms with Crippen molar-refractivity contribution in [3.63, 3.8) is 0 Å². The fourth-order valence-electron chi connectivity index (χ4n) is 1.40. The van der Waals surface area contributed by atoms with Crippen LogP contribution in [0.1, 0.15) is 15.3 Å². The first-order valence-corrected chi connectivity index (χ1v) is 6.12. The van der Waals surface area contributed by atoms with Crippen LogP contribution in [-0.2, 0) is 0 Å². The summed E-state index contributed by atoms with van der Waals surface area (Å²) in [5.41, 5.74) is 7.51. The molecule has 76 valence electrons.